The van der Waals surface area contributed by atoms with Gasteiger partial charge in [-0.3, -0.25) is 4.79 Å². The number of carbonyl (C=O) groups is 1. The molecular weight excluding hydrogens is 286 g/mol. The predicted octanol–water partition coefficient (Wildman–Crippen LogP) is 4.20. The molecule has 0 aliphatic carbocycles. The molecule has 3 aromatic rings. The molecule has 0 spiro atoms. The quantitative estimate of drug-likeness (QED) is 0.641. The van der Waals surface area contributed by atoms with Crippen molar-refractivity contribution in [2.45, 2.75) is 39.2 Å². The Morgan fingerprint density at radius 2 is 1.83 bits per heavy atom. The molecule has 0 radical (unpaired) electrons. The van der Waals surface area contributed by atoms with E-state index in [0.717, 1.165) is 24.8 Å². The van der Waals surface area contributed by atoms with Gasteiger partial charge in [0.05, 0.1) is 12.2 Å². The van der Waals surface area contributed by atoms with E-state index in [1.54, 1.807) is 0 Å². The van der Waals surface area contributed by atoms with Crippen molar-refractivity contribution in [1.82, 2.24) is 15.0 Å². The molecule has 0 aliphatic rings. The molecular formula is C19H21N3O. The van der Waals surface area contributed by atoms with Crippen molar-refractivity contribution in [3.8, 4) is 0 Å². The van der Waals surface area contributed by atoms with E-state index in [1.165, 1.54) is 16.3 Å². The van der Waals surface area contributed by atoms with Crippen LogP contribution in [0.3, 0.4) is 0 Å². The van der Waals surface area contributed by atoms with Crippen LogP contribution in [0.1, 0.15) is 54.4 Å². The number of rotatable bonds is 6. The van der Waals surface area contributed by atoms with Gasteiger partial charge in [0.15, 0.2) is 6.29 Å². The first-order chi connectivity index (χ1) is 11.3. The molecule has 23 heavy (non-hydrogen) atoms. The van der Waals surface area contributed by atoms with Gasteiger partial charge in [0.25, 0.3) is 0 Å². The van der Waals surface area contributed by atoms with Crippen molar-refractivity contribution >= 4 is 17.1 Å². The minimum Gasteiger partial charge on any atom is -0.296 e. The number of aldehydes is 1. The van der Waals surface area contributed by atoms with Gasteiger partial charge in [-0.05, 0) is 29.2 Å². The van der Waals surface area contributed by atoms with Crippen LogP contribution >= 0.6 is 0 Å². The summed E-state index contributed by atoms with van der Waals surface area (Å²) in [5.41, 5.74) is 2.62. The van der Waals surface area contributed by atoms with Gasteiger partial charge in [-0.15, -0.1) is 5.10 Å². The van der Waals surface area contributed by atoms with Gasteiger partial charge in [-0.2, -0.15) is 0 Å². The highest BCUT2D eigenvalue weighted by Gasteiger charge is 2.20. The molecule has 0 saturated heterocycles. The molecule has 0 fully saturated rings. The summed E-state index contributed by atoms with van der Waals surface area (Å²) in [6, 6.07) is 14.6. The number of benzene rings is 2. The summed E-state index contributed by atoms with van der Waals surface area (Å²) in [7, 11) is 0. The average molecular weight is 307 g/mol. The Morgan fingerprint density at radius 1 is 1.09 bits per heavy atom. The molecule has 118 valence electrons. The Bertz CT molecular complexity index is 813. The lowest BCUT2D eigenvalue weighted by molar-refractivity contribution is 0.111. The topological polar surface area (TPSA) is 47.8 Å². The van der Waals surface area contributed by atoms with E-state index in [0.29, 0.717) is 18.2 Å². The minimum absolute atomic E-state index is 0.306. The van der Waals surface area contributed by atoms with Crippen LogP contribution in [-0.2, 0) is 6.54 Å². The molecule has 0 N–H and O–H groups in total. The number of aromatic nitrogens is 3. The van der Waals surface area contributed by atoms with E-state index < -0.39 is 0 Å². The zero-order chi connectivity index (χ0) is 16.2. The number of hydrogen-bond donors (Lipinski definition) is 0. The van der Waals surface area contributed by atoms with Gasteiger partial charge in [0.1, 0.15) is 5.69 Å². The van der Waals surface area contributed by atoms with Crippen molar-refractivity contribution < 1.29 is 4.79 Å². The zero-order valence-corrected chi connectivity index (χ0v) is 13.6. The summed E-state index contributed by atoms with van der Waals surface area (Å²) in [6.07, 6.45) is 2.76. The minimum atomic E-state index is 0.306. The maximum Gasteiger partial charge on any atom is 0.172 e. The zero-order valence-electron chi connectivity index (χ0n) is 13.6. The Morgan fingerprint density at radius 3 is 2.57 bits per heavy atom. The number of carbonyl (C=O) groups excluding carboxylic acids is 1. The second kappa shape index (κ2) is 6.73. The number of fused-ring (bicyclic) bond motifs is 1. The van der Waals surface area contributed by atoms with Crippen molar-refractivity contribution in [1.29, 1.82) is 0 Å². The monoisotopic (exact) mass is 307 g/mol. The smallest absolute Gasteiger partial charge is 0.172 e. The molecule has 0 aliphatic heterocycles. The van der Waals surface area contributed by atoms with E-state index in [1.807, 2.05) is 16.8 Å². The highest BCUT2D eigenvalue weighted by molar-refractivity contribution is 5.85. The molecule has 1 aromatic heterocycles. The molecule has 4 nitrogen and oxygen atoms in total. The summed E-state index contributed by atoms with van der Waals surface area (Å²) in [6.45, 7) is 4.91. The van der Waals surface area contributed by atoms with Crippen molar-refractivity contribution in [2.24, 2.45) is 0 Å². The third-order valence-corrected chi connectivity index (χ3v) is 4.48. The van der Waals surface area contributed by atoms with Crippen LogP contribution in [0.25, 0.3) is 10.8 Å². The van der Waals surface area contributed by atoms with Crippen molar-refractivity contribution in [2.75, 3.05) is 0 Å². The van der Waals surface area contributed by atoms with Crippen LogP contribution in [0, 0.1) is 0 Å². The molecule has 3 rings (SSSR count). The number of hydrogen-bond acceptors (Lipinski definition) is 3. The first-order valence-corrected chi connectivity index (χ1v) is 8.13. The van der Waals surface area contributed by atoms with Crippen molar-refractivity contribution in [3.63, 3.8) is 0 Å². The van der Waals surface area contributed by atoms with Gasteiger partial charge < -0.3 is 0 Å². The SMILES string of the molecule is CCC(CC)c1c(C=O)nnn1Cc1cccc2ccccc12. The normalized spacial score (nSPS) is 11.3. The summed E-state index contributed by atoms with van der Waals surface area (Å²) < 4.78 is 1.89. The molecule has 1 heterocycles. The van der Waals surface area contributed by atoms with Crippen LogP contribution < -0.4 is 0 Å². The van der Waals surface area contributed by atoms with E-state index in [4.69, 9.17) is 0 Å². The Balaban J connectivity index is 2.06. The van der Waals surface area contributed by atoms with Crippen LogP contribution in [0.4, 0.5) is 0 Å². The first-order valence-electron chi connectivity index (χ1n) is 8.13. The van der Waals surface area contributed by atoms with Gasteiger partial charge >= 0.3 is 0 Å². The lowest BCUT2D eigenvalue weighted by atomic mass is 9.97. The lowest BCUT2D eigenvalue weighted by Crippen LogP contribution is -2.11. The van der Waals surface area contributed by atoms with E-state index >= 15 is 0 Å². The largest absolute Gasteiger partial charge is 0.296 e. The fourth-order valence-electron chi connectivity index (χ4n) is 3.22. The Hall–Kier alpha value is -2.49. The van der Waals surface area contributed by atoms with E-state index in [2.05, 4.69) is 54.5 Å². The number of nitrogens with zero attached hydrogens (tertiary/aromatic N) is 3. The standard InChI is InChI=1S/C19H21N3O/c1-3-14(4-2)19-18(13-23)20-21-22(19)12-16-10-7-9-15-8-5-6-11-17(15)16/h5-11,13-14H,3-4,12H2,1-2H3. The second-order valence-electron chi connectivity index (χ2n) is 5.79. The summed E-state index contributed by atoms with van der Waals surface area (Å²) in [5, 5.41) is 10.7. The maximum atomic E-state index is 11.3. The van der Waals surface area contributed by atoms with Crippen molar-refractivity contribution in [3.05, 3.63) is 59.4 Å². The molecule has 4 heteroatoms. The van der Waals surface area contributed by atoms with Gasteiger partial charge in [0.2, 0.25) is 0 Å². The molecule has 0 bridgehead atoms. The first kappa shape index (κ1) is 15.4. The average Bonchev–Trinajstić information content (AvgIpc) is 2.99. The fraction of sp³-hybridized carbons (Fsp3) is 0.316. The summed E-state index contributed by atoms with van der Waals surface area (Å²) >= 11 is 0. The highest BCUT2D eigenvalue weighted by Crippen LogP contribution is 2.26. The third-order valence-electron chi connectivity index (χ3n) is 4.48. The van der Waals surface area contributed by atoms with Gasteiger partial charge in [0, 0.05) is 5.92 Å². The van der Waals surface area contributed by atoms with Crippen LogP contribution in [0.5, 0.6) is 0 Å². The molecule has 0 amide bonds. The van der Waals surface area contributed by atoms with Gasteiger partial charge in [-0.1, -0.05) is 61.5 Å². The summed E-state index contributed by atoms with van der Waals surface area (Å²) in [5.74, 6) is 0.306. The van der Waals surface area contributed by atoms with E-state index in [-0.39, 0.29) is 0 Å². The molecule has 0 atom stereocenters. The predicted molar refractivity (Wildman–Crippen MR) is 91.8 cm³/mol. The highest BCUT2D eigenvalue weighted by atomic mass is 16.1. The Kier molecular flexibility index (Phi) is 4.51. The maximum absolute atomic E-state index is 11.3. The van der Waals surface area contributed by atoms with Crippen LogP contribution in [-0.4, -0.2) is 21.3 Å². The molecule has 2 aromatic carbocycles. The van der Waals surface area contributed by atoms with Gasteiger partial charge in [-0.25, -0.2) is 4.68 Å². The summed E-state index contributed by atoms with van der Waals surface area (Å²) in [4.78, 5) is 11.3. The fourth-order valence-corrected chi connectivity index (χ4v) is 3.22. The third kappa shape index (κ3) is 2.89. The Labute approximate surface area is 136 Å². The van der Waals surface area contributed by atoms with Crippen LogP contribution in [0.15, 0.2) is 42.5 Å². The second-order valence-corrected chi connectivity index (χ2v) is 5.79. The lowest BCUT2D eigenvalue weighted by Gasteiger charge is -2.15. The molecule has 0 saturated carbocycles. The molecule has 0 unspecified atom stereocenters. The van der Waals surface area contributed by atoms with E-state index in [9.17, 15) is 4.79 Å². The van der Waals surface area contributed by atoms with Crippen LogP contribution in [0.2, 0.25) is 0 Å².